The summed E-state index contributed by atoms with van der Waals surface area (Å²) in [5.74, 6) is 0.673. The van der Waals surface area contributed by atoms with Gasteiger partial charge in [0.05, 0.1) is 12.0 Å². The number of rotatable bonds is 5. The summed E-state index contributed by atoms with van der Waals surface area (Å²) in [7, 11) is 1.41. The Kier molecular flexibility index (Phi) is 4.88. The topological polar surface area (TPSA) is 46.6 Å². The second kappa shape index (κ2) is 6.28. The largest absolute Gasteiger partial charge is 0.468 e. The molecule has 0 amide bonds. The van der Waals surface area contributed by atoms with Crippen LogP contribution in [-0.2, 0) is 9.53 Å². The van der Waals surface area contributed by atoms with Gasteiger partial charge in [0.2, 0.25) is 0 Å². The molecule has 1 aliphatic rings. The quantitative estimate of drug-likeness (QED) is 0.618. The van der Waals surface area contributed by atoms with Crippen molar-refractivity contribution in [3.8, 4) is 0 Å². The van der Waals surface area contributed by atoms with E-state index in [1.165, 1.54) is 18.4 Å². The van der Waals surface area contributed by atoms with Gasteiger partial charge < -0.3 is 4.74 Å². The fraction of sp³-hybridized carbons (Fsp3) is 0.571. The van der Waals surface area contributed by atoms with E-state index in [4.69, 9.17) is 4.74 Å². The van der Waals surface area contributed by atoms with E-state index < -0.39 is 0 Å². The molecule has 1 atom stereocenters. The molecule has 2 heterocycles. The first-order chi connectivity index (χ1) is 9.45. The van der Waals surface area contributed by atoms with Crippen molar-refractivity contribution in [2.75, 3.05) is 19.5 Å². The zero-order valence-corrected chi connectivity index (χ0v) is 13.6. The first kappa shape index (κ1) is 15.5. The minimum atomic E-state index is -0.284. The van der Waals surface area contributed by atoms with E-state index in [1.54, 1.807) is 11.8 Å². The maximum absolute atomic E-state index is 12.0. The van der Waals surface area contributed by atoms with Crippen molar-refractivity contribution in [3.05, 3.63) is 22.4 Å². The van der Waals surface area contributed by atoms with Gasteiger partial charge in [-0.2, -0.15) is 0 Å². The molecule has 1 unspecified atom stereocenters. The number of hydrogen-bond acceptors (Lipinski definition) is 6. The van der Waals surface area contributed by atoms with Gasteiger partial charge in [0.1, 0.15) is 6.04 Å². The fourth-order valence-corrected chi connectivity index (χ4v) is 4.26. The molecule has 2 rings (SSSR count). The minimum absolute atomic E-state index is 0.137. The molecule has 0 bridgehead atoms. The van der Waals surface area contributed by atoms with E-state index in [1.807, 2.05) is 36.3 Å². The van der Waals surface area contributed by atoms with E-state index in [2.05, 4.69) is 0 Å². The predicted octanol–water partition coefficient (Wildman–Crippen LogP) is 2.65. The Morgan fingerprint density at radius 2 is 2.25 bits per heavy atom. The Bertz CT molecular complexity index is 485. The third-order valence-corrected chi connectivity index (χ3v) is 5.81. The van der Waals surface area contributed by atoms with Gasteiger partial charge in [-0.15, -0.1) is 23.1 Å². The molecule has 1 aromatic rings. The summed E-state index contributed by atoms with van der Waals surface area (Å²) in [6, 6.07) is 3.44. The second-order valence-corrected chi connectivity index (χ2v) is 7.81. The average molecular weight is 313 g/mol. The van der Waals surface area contributed by atoms with Crippen LogP contribution in [0.4, 0.5) is 0 Å². The third-order valence-electron chi connectivity index (χ3n) is 3.47. The molecular weight excluding hydrogens is 294 g/mol. The average Bonchev–Trinajstić information content (AvgIpc) is 3.03. The zero-order chi connectivity index (χ0) is 14.8. The van der Waals surface area contributed by atoms with Crippen molar-refractivity contribution in [3.63, 3.8) is 0 Å². The van der Waals surface area contributed by atoms with Crippen molar-refractivity contribution in [1.82, 2.24) is 4.90 Å². The molecule has 1 aromatic heterocycles. The first-order valence-electron chi connectivity index (χ1n) is 6.48. The molecule has 0 radical (unpaired) electrons. The zero-order valence-electron chi connectivity index (χ0n) is 11.9. The van der Waals surface area contributed by atoms with Crippen LogP contribution in [0.3, 0.4) is 0 Å². The molecule has 110 valence electrons. The van der Waals surface area contributed by atoms with Gasteiger partial charge in [-0.25, -0.2) is 0 Å². The number of carbonyl (C=O) groups excluding carboxylic acids is 2. The van der Waals surface area contributed by atoms with Crippen LogP contribution in [0.5, 0.6) is 0 Å². The summed E-state index contributed by atoms with van der Waals surface area (Å²) in [5.41, 5.74) is 0. The van der Waals surface area contributed by atoms with E-state index >= 15 is 0 Å². The molecule has 20 heavy (non-hydrogen) atoms. The normalized spacial score (nSPS) is 21.9. The first-order valence-corrected chi connectivity index (χ1v) is 8.35. The molecular formula is C14H19NO3S2. The summed E-state index contributed by atoms with van der Waals surface area (Å²) >= 11 is 3.19. The van der Waals surface area contributed by atoms with Crippen molar-refractivity contribution < 1.29 is 14.3 Å². The molecule has 1 aliphatic heterocycles. The highest BCUT2D eigenvalue weighted by molar-refractivity contribution is 8.00. The lowest BCUT2D eigenvalue weighted by Gasteiger charge is -2.28. The Hall–Kier alpha value is -0.850. The molecule has 0 spiro atoms. The van der Waals surface area contributed by atoms with Crippen molar-refractivity contribution in [2.45, 2.75) is 31.1 Å². The number of nitrogens with zero attached hydrogens (tertiary/aromatic N) is 1. The van der Waals surface area contributed by atoms with Crippen molar-refractivity contribution in [1.29, 1.82) is 0 Å². The van der Waals surface area contributed by atoms with Gasteiger partial charge in [-0.1, -0.05) is 6.07 Å². The van der Waals surface area contributed by atoms with Crippen LogP contribution < -0.4 is 0 Å². The number of methoxy groups -OCH3 is 1. The number of thiophene rings is 1. The second-order valence-electron chi connectivity index (χ2n) is 5.27. The van der Waals surface area contributed by atoms with Crippen LogP contribution in [0.15, 0.2) is 17.5 Å². The Labute approximate surface area is 127 Å². The molecule has 0 saturated carbocycles. The molecule has 6 heteroatoms. The number of ketones is 1. The maximum Gasteiger partial charge on any atom is 0.324 e. The van der Waals surface area contributed by atoms with Crippen LogP contribution in [0.1, 0.15) is 29.9 Å². The fourth-order valence-electron chi connectivity index (χ4n) is 2.39. The standard InChI is InChI=1S/C14H19NO3S2/c1-14(2)12(13(17)18-3)15(9-20-14)7-6-10(16)11-5-4-8-19-11/h4-5,8,12H,6-7,9H2,1-3H3. The Balaban J connectivity index is 1.98. The predicted molar refractivity (Wildman–Crippen MR) is 82.3 cm³/mol. The number of carbonyl (C=O) groups is 2. The summed E-state index contributed by atoms with van der Waals surface area (Å²) in [5, 5.41) is 1.90. The lowest BCUT2D eigenvalue weighted by Crippen LogP contribution is -2.47. The number of Topliss-reactive ketones (excluding diaryl/α,β-unsaturated/α-hetero) is 1. The van der Waals surface area contributed by atoms with Gasteiger partial charge in [0, 0.05) is 23.6 Å². The highest BCUT2D eigenvalue weighted by Crippen LogP contribution is 2.39. The smallest absolute Gasteiger partial charge is 0.324 e. The number of ether oxygens (including phenoxy) is 1. The number of thioether (sulfide) groups is 1. The highest BCUT2D eigenvalue weighted by atomic mass is 32.2. The van der Waals surface area contributed by atoms with Crippen molar-refractivity contribution in [2.24, 2.45) is 0 Å². The maximum atomic E-state index is 12.0. The Morgan fingerprint density at radius 3 is 2.85 bits per heavy atom. The summed E-state index contributed by atoms with van der Waals surface area (Å²) in [4.78, 5) is 26.8. The Morgan fingerprint density at radius 1 is 1.50 bits per heavy atom. The lowest BCUT2D eigenvalue weighted by molar-refractivity contribution is -0.147. The summed E-state index contributed by atoms with van der Waals surface area (Å²) in [6.07, 6.45) is 0.435. The van der Waals surface area contributed by atoms with Gasteiger partial charge in [-0.3, -0.25) is 14.5 Å². The van der Waals surface area contributed by atoms with Gasteiger partial charge in [0.15, 0.2) is 5.78 Å². The van der Waals surface area contributed by atoms with E-state index in [-0.39, 0.29) is 22.5 Å². The molecule has 4 nitrogen and oxygen atoms in total. The molecule has 0 N–H and O–H groups in total. The minimum Gasteiger partial charge on any atom is -0.468 e. The third kappa shape index (κ3) is 3.24. The molecule has 0 aliphatic carbocycles. The monoisotopic (exact) mass is 313 g/mol. The number of esters is 1. The highest BCUT2D eigenvalue weighted by Gasteiger charge is 2.46. The van der Waals surface area contributed by atoms with Crippen LogP contribution in [-0.4, -0.2) is 47.0 Å². The molecule has 1 fully saturated rings. The van der Waals surface area contributed by atoms with E-state index in [0.717, 1.165) is 10.8 Å². The van der Waals surface area contributed by atoms with E-state index in [0.29, 0.717) is 13.0 Å². The van der Waals surface area contributed by atoms with Gasteiger partial charge in [0.25, 0.3) is 0 Å². The number of hydrogen-bond donors (Lipinski definition) is 0. The molecule has 1 saturated heterocycles. The van der Waals surface area contributed by atoms with Crippen LogP contribution >= 0.6 is 23.1 Å². The SMILES string of the molecule is COC(=O)C1N(CCC(=O)c2cccs2)CSC1(C)C. The summed E-state index contributed by atoms with van der Waals surface area (Å²) < 4.78 is 4.72. The van der Waals surface area contributed by atoms with Gasteiger partial charge >= 0.3 is 5.97 Å². The van der Waals surface area contributed by atoms with Crippen LogP contribution in [0, 0.1) is 0 Å². The van der Waals surface area contributed by atoms with Crippen molar-refractivity contribution >= 4 is 34.9 Å². The van der Waals surface area contributed by atoms with Crippen LogP contribution in [0.25, 0.3) is 0 Å². The molecule has 0 aromatic carbocycles. The van der Waals surface area contributed by atoms with Crippen LogP contribution in [0.2, 0.25) is 0 Å². The van der Waals surface area contributed by atoms with E-state index in [9.17, 15) is 9.59 Å². The van der Waals surface area contributed by atoms with Gasteiger partial charge in [-0.05, 0) is 25.3 Å². The summed E-state index contributed by atoms with van der Waals surface area (Å²) in [6.45, 7) is 4.67. The lowest BCUT2D eigenvalue weighted by atomic mass is 10.0.